The number of carbonyl (C=O) groups excluding carboxylic acids is 1. The first-order valence-corrected chi connectivity index (χ1v) is 9.10. The summed E-state index contributed by atoms with van der Waals surface area (Å²) >= 11 is 0. The molecule has 6 nitrogen and oxygen atoms in total. The second-order valence-corrected chi connectivity index (χ2v) is 7.56. The summed E-state index contributed by atoms with van der Waals surface area (Å²) in [5.41, 5.74) is 0.545. The predicted molar refractivity (Wildman–Crippen MR) is 103 cm³/mol. The fraction of sp³-hybridized carbons (Fsp3) is 0.286. The number of aromatic nitrogens is 2. The van der Waals surface area contributed by atoms with E-state index in [1.807, 2.05) is 20.8 Å². The van der Waals surface area contributed by atoms with E-state index in [1.54, 1.807) is 30.3 Å². The van der Waals surface area contributed by atoms with Crippen LogP contribution in [0.5, 0.6) is 5.75 Å². The van der Waals surface area contributed by atoms with Gasteiger partial charge in [-0.2, -0.15) is 4.98 Å². The van der Waals surface area contributed by atoms with Gasteiger partial charge in [0.25, 0.3) is 11.8 Å². The summed E-state index contributed by atoms with van der Waals surface area (Å²) in [5, 5.41) is 6.58. The molecule has 0 atom stereocenters. The minimum atomic E-state index is -4.82. The fourth-order valence-corrected chi connectivity index (χ4v) is 2.65. The zero-order valence-corrected chi connectivity index (χ0v) is 16.6. The molecule has 1 N–H and O–H groups in total. The highest BCUT2D eigenvalue weighted by atomic mass is 19.4. The van der Waals surface area contributed by atoms with Crippen LogP contribution in [0.1, 0.15) is 42.5 Å². The van der Waals surface area contributed by atoms with Gasteiger partial charge in [-0.25, -0.2) is 0 Å². The topological polar surface area (TPSA) is 77.2 Å². The Labute approximate surface area is 171 Å². The average Bonchev–Trinajstić information content (AvgIpc) is 3.16. The van der Waals surface area contributed by atoms with E-state index >= 15 is 0 Å². The van der Waals surface area contributed by atoms with Gasteiger partial charge < -0.3 is 14.6 Å². The number of amides is 1. The van der Waals surface area contributed by atoms with Gasteiger partial charge in [-0.1, -0.05) is 56.3 Å². The molecule has 2 aromatic carbocycles. The third kappa shape index (κ3) is 5.16. The lowest BCUT2D eigenvalue weighted by Gasteiger charge is -2.14. The molecular weight excluding hydrogens is 399 g/mol. The normalized spacial score (nSPS) is 11.9. The Kier molecular flexibility index (Phi) is 5.82. The van der Waals surface area contributed by atoms with Crippen molar-refractivity contribution in [2.75, 3.05) is 0 Å². The van der Waals surface area contributed by atoms with Crippen LogP contribution < -0.4 is 10.1 Å². The molecule has 0 radical (unpaired) electrons. The van der Waals surface area contributed by atoms with Crippen molar-refractivity contribution in [3.05, 3.63) is 65.5 Å². The van der Waals surface area contributed by atoms with Crippen LogP contribution in [0.2, 0.25) is 0 Å². The van der Waals surface area contributed by atoms with E-state index in [0.717, 1.165) is 0 Å². The molecule has 0 fully saturated rings. The molecule has 1 heterocycles. The fourth-order valence-electron chi connectivity index (χ4n) is 2.65. The first kappa shape index (κ1) is 21.4. The van der Waals surface area contributed by atoms with E-state index in [4.69, 9.17) is 4.52 Å². The number of benzene rings is 2. The largest absolute Gasteiger partial charge is 0.573 e. The number of nitrogens with one attached hydrogen (secondary N) is 1. The van der Waals surface area contributed by atoms with Crippen LogP contribution in [0.15, 0.2) is 53.1 Å². The number of rotatable bonds is 5. The molecule has 3 aromatic rings. The number of hydrogen-bond acceptors (Lipinski definition) is 5. The molecular formula is C21H20F3N3O3. The van der Waals surface area contributed by atoms with E-state index in [-0.39, 0.29) is 34.7 Å². The number of para-hydroxylation sites is 1. The standard InChI is InChI=1S/C21H20F3N3O3/c1-20(2,3)19-26-18(30-27-19)15-10-6-5-9-14(15)17(28)25-12-13-8-4-7-11-16(13)29-21(22,23)24/h4-11H,12H2,1-3H3,(H,25,28). The Morgan fingerprint density at radius 3 is 2.40 bits per heavy atom. The van der Waals surface area contributed by atoms with Crippen molar-refractivity contribution in [2.45, 2.75) is 39.1 Å². The summed E-state index contributed by atoms with van der Waals surface area (Å²) in [6.07, 6.45) is -4.82. The molecule has 0 saturated carbocycles. The summed E-state index contributed by atoms with van der Waals surface area (Å²) in [4.78, 5) is 17.1. The van der Waals surface area contributed by atoms with Crippen molar-refractivity contribution in [3.63, 3.8) is 0 Å². The maximum Gasteiger partial charge on any atom is 0.573 e. The zero-order valence-electron chi connectivity index (χ0n) is 16.6. The molecule has 0 aliphatic heterocycles. The van der Waals surface area contributed by atoms with Gasteiger partial charge in [0.05, 0.1) is 11.1 Å². The molecule has 9 heteroatoms. The quantitative estimate of drug-likeness (QED) is 0.639. The molecule has 158 valence electrons. The van der Waals surface area contributed by atoms with Gasteiger partial charge in [0, 0.05) is 17.5 Å². The van der Waals surface area contributed by atoms with Gasteiger partial charge in [-0.3, -0.25) is 4.79 Å². The van der Waals surface area contributed by atoms with Crippen LogP contribution in [0.3, 0.4) is 0 Å². The van der Waals surface area contributed by atoms with Gasteiger partial charge in [0.1, 0.15) is 5.75 Å². The van der Waals surface area contributed by atoms with E-state index in [1.165, 1.54) is 18.2 Å². The van der Waals surface area contributed by atoms with Crippen molar-refractivity contribution < 1.29 is 27.2 Å². The monoisotopic (exact) mass is 419 g/mol. The summed E-state index contributed by atoms with van der Waals surface area (Å²) in [6.45, 7) is 5.64. The van der Waals surface area contributed by atoms with Crippen molar-refractivity contribution in [1.29, 1.82) is 0 Å². The first-order chi connectivity index (χ1) is 14.0. The summed E-state index contributed by atoms with van der Waals surface area (Å²) in [5.74, 6) is -0.189. The van der Waals surface area contributed by atoms with Crippen LogP contribution in [-0.2, 0) is 12.0 Å². The van der Waals surface area contributed by atoms with Crippen molar-refractivity contribution in [1.82, 2.24) is 15.5 Å². The second kappa shape index (κ2) is 8.17. The number of carbonyl (C=O) groups is 1. The number of nitrogens with zero attached hydrogens (tertiary/aromatic N) is 2. The lowest BCUT2D eigenvalue weighted by atomic mass is 9.96. The minimum Gasteiger partial charge on any atom is -0.405 e. The van der Waals surface area contributed by atoms with Gasteiger partial charge in [-0.15, -0.1) is 13.2 Å². The third-order valence-electron chi connectivity index (χ3n) is 4.14. The van der Waals surface area contributed by atoms with Gasteiger partial charge in [-0.05, 0) is 18.2 Å². The van der Waals surface area contributed by atoms with Crippen molar-refractivity contribution >= 4 is 5.91 Å². The highest BCUT2D eigenvalue weighted by Gasteiger charge is 2.32. The van der Waals surface area contributed by atoms with Crippen molar-refractivity contribution in [2.24, 2.45) is 0 Å². The SMILES string of the molecule is CC(C)(C)c1noc(-c2ccccc2C(=O)NCc2ccccc2OC(F)(F)F)n1. The Hall–Kier alpha value is -3.36. The zero-order chi connectivity index (χ0) is 21.9. The van der Waals surface area contributed by atoms with Gasteiger partial charge >= 0.3 is 6.36 Å². The Balaban J connectivity index is 1.81. The molecule has 3 rings (SSSR count). The van der Waals surface area contributed by atoms with Gasteiger partial charge in [0.15, 0.2) is 5.82 Å². The molecule has 0 aliphatic carbocycles. The summed E-state index contributed by atoms with van der Waals surface area (Å²) < 4.78 is 47.1. The summed E-state index contributed by atoms with van der Waals surface area (Å²) in [7, 11) is 0. The molecule has 1 aromatic heterocycles. The Morgan fingerprint density at radius 2 is 1.73 bits per heavy atom. The van der Waals surface area contributed by atoms with Crippen LogP contribution in [0, 0.1) is 0 Å². The predicted octanol–water partition coefficient (Wildman–Crippen LogP) is 4.86. The third-order valence-corrected chi connectivity index (χ3v) is 4.14. The first-order valence-electron chi connectivity index (χ1n) is 9.10. The number of ether oxygens (including phenoxy) is 1. The number of hydrogen-bond donors (Lipinski definition) is 1. The molecule has 0 aliphatic rings. The highest BCUT2D eigenvalue weighted by Crippen LogP contribution is 2.28. The highest BCUT2D eigenvalue weighted by molar-refractivity contribution is 5.99. The van der Waals surface area contributed by atoms with Crippen LogP contribution >= 0.6 is 0 Å². The van der Waals surface area contributed by atoms with Crippen LogP contribution in [0.25, 0.3) is 11.5 Å². The minimum absolute atomic E-state index is 0.156. The lowest BCUT2D eigenvalue weighted by molar-refractivity contribution is -0.274. The molecule has 0 bridgehead atoms. The van der Waals surface area contributed by atoms with Crippen molar-refractivity contribution in [3.8, 4) is 17.2 Å². The van der Waals surface area contributed by atoms with Gasteiger partial charge in [0.2, 0.25) is 0 Å². The lowest BCUT2D eigenvalue weighted by Crippen LogP contribution is -2.25. The van der Waals surface area contributed by atoms with Crippen LogP contribution in [-0.4, -0.2) is 22.4 Å². The van der Waals surface area contributed by atoms with E-state index < -0.39 is 12.3 Å². The molecule has 0 unspecified atom stereocenters. The Bertz CT molecular complexity index is 1040. The van der Waals surface area contributed by atoms with Crippen LogP contribution in [0.4, 0.5) is 13.2 Å². The molecule has 0 spiro atoms. The Morgan fingerprint density at radius 1 is 1.07 bits per heavy atom. The number of halogens is 3. The van der Waals surface area contributed by atoms with E-state index in [0.29, 0.717) is 11.4 Å². The van der Waals surface area contributed by atoms with E-state index in [2.05, 4.69) is 20.2 Å². The molecule has 0 saturated heterocycles. The maximum absolute atomic E-state index is 12.7. The van der Waals surface area contributed by atoms with E-state index in [9.17, 15) is 18.0 Å². The smallest absolute Gasteiger partial charge is 0.405 e. The molecule has 1 amide bonds. The summed E-state index contributed by atoms with van der Waals surface area (Å²) in [6, 6.07) is 12.2. The second-order valence-electron chi connectivity index (χ2n) is 7.56. The average molecular weight is 419 g/mol. The molecule has 30 heavy (non-hydrogen) atoms. The maximum atomic E-state index is 12.7. The number of alkyl halides is 3.